The molecule has 5 nitrogen and oxygen atoms in total. The first kappa shape index (κ1) is 19.9. The predicted octanol–water partition coefficient (Wildman–Crippen LogP) is 4.57. The van der Waals surface area contributed by atoms with E-state index in [4.69, 9.17) is 5.73 Å². The number of unbranched alkanes of at least 4 members (excludes halogenated alkanes) is 2. The van der Waals surface area contributed by atoms with Crippen LogP contribution in [0.3, 0.4) is 0 Å². The van der Waals surface area contributed by atoms with Crippen LogP contribution in [0.2, 0.25) is 0 Å². The standard InChI is InChI=1S/C23H30N4O/c1-4-5-6-11-20-22(19-10-8-7-9-16(19)2)21(23(24)28)17(3)27(20)13-12-18-14-25-15-26-18/h7-10,14-15H,4-6,11-13H2,1-3H3,(H2,24,28)(H,25,26). The SMILES string of the molecule is CCCCCc1c(-c2ccccc2C)c(C(N)=O)c(C)n1CCc1cnc[nH]1. The summed E-state index contributed by atoms with van der Waals surface area (Å²) in [6.07, 6.45) is 8.76. The van der Waals surface area contributed by atoms with Crippen molar-refractivity contribution in [2.24, 2.45) is 5.73 Å². The van der Waals surface area contributed by atoms with Crippen molar-refractivity contribution in [1.29, 1.82) is 0 Å². The van der Waals surface area contributed by atoms with Crippen LogP contribution < -0.4 is 5.73 Å². The lowest BCUT2D eigenvalue weighted by Crippen LogP contribution is -2.14. The lowest BCUT2D eigenvalue weighted by atomic mass is 9.94. The molecule has 5 heteroatoms. The van der Waals surface area contributed by atoms with Crippen LogP contribution in [0.1, 0.15) is 59.2 Å². The number of nitrogens with one attached hydrogen (secondary N) is 1. The van der Waals surface area contributed by atoms with Gasteiger partial charge in [0.05, 0.1) is 11.9 Å². The van der Waals surface area contributed by atoms with Crippen LogP contribution in [-0.4, -0.2) is 20.4 Å². The van der Waals surface area contributed by atoms with Crippen LogP contribution in [-0.2, 0) is 19.4 Å². The monoisotopic (exact) mass is 378 g/mol. The number of amides is 1. The van der Waals surface area contributed by atoms with Gasteiger partial charge in [0.25, 0.3) is 5.91 Å². The zero-order valence-corrected chi connectivity index (χ0v) is 17.1. The van der Waals surface area contributed by atoms with Gasteiger partial charge in [-0.1, -0.05) is 44.0 Å². The summed E-state index contributed by atoms with van der Waals surface area (Å²) in [5.74, 6) is -0.354. The van der Waals surface area contributed by atoms with E-state index in [0.717, 1.165) is 60.3 Å². The Hall–Kier alpha value is -2.82. The number of aromatic amines is 1. The number of rotatable bonds is 9. The summed E-state index contributed by atoms with van der Waals surface area (Å²) in [7, 11) is 0. The van der Waals surface area contributed by atoms with Gasteiger partial charge in [-0.3, -0.25) is 4.79 Å². The van der Waals surface area contributed by atoms with E-state index in [2.05, 4.69) is 40.5 Å². The Balaban J connectivity index is 2.12. The molecular weight excluding hydrogens is 348 g/mol. The second kappa shape index (κ2) is 8.91. The number of aromatic nitrogens is 3. The maximum atomic E-state index is 12.4. The molecule has 1 amide bonds. The topological polar surface area (TPSA) is 76.7 Å². The van der Waals surface area contributed by atoms with E-state index >= 15 is 0 Å². The molecular formula is C23H30N4O. The van der Waals surface area contributed by atoms with Crippen molar-refractivity contribution >= 4 is 5.91 Å². The molecule has 3 rings (SSSR count). The fraction of sp³-hybridized carbons (Fsp3) is 0.391. The average molecular weight is 379 g/mol. The van der Waals surface area contributed by atoms with Gasteiger partial charge in [-0.15, -0.1) is 0 Å². The van der Waals surface area contributed by atoms with E-state index in [-0.39, 0.29) is 5.91 Å². The Kier molecular flexibility index (Phi) is 6.34. The van der Waals surface area contributed by atoms with Crippen molar-refractivity contribution in [2.75, 3.05) is 0 Å². The number of nitrogens with zero attached hydrogens (tertiary/aromatic N) is 2. The highest BCUT2D eigenvalue weighted by Crippen LogP contribution is 2.35. The molecule has 28 heavy (non-hydrogen) atoms. The summed E-state index contributed by atoms with van der Waals surface area (Å²) in [5.41, 5.74) is 13.1. The molecule has 0 saturated carbocycles. The predicted molar refractivity (Wildman–Crippen MR) is 113 cm³/mol. The first-order valence-electron chi connectivity index (χ1n) is 10.1. The summed E-state index contributed by atoms with van der Waals surface area (Å²) in [6.45, 7) is 7.10. The fourth-order valence-corrected chi connectivity index (χ4v) is 4.00. The van der Waals surface area contributed by atoms with Crippen LogP contribution in [0.5, 0.6) is 0 Å². The molecule has 2 heterocycles. The minimum Gasteiger partial charge on any atom is -0.366 e. The second-order valence-electron chi connectivity index (χ2n) is 7.40. The molecule has 0 aliphatic rings. The molecule has 1 aromatic carbocycles. The third-order valence-electron chi connectivity index (χ3n) is 5.47. The van der Waals surface area contributed by atoms with Crippen molar-refractivity contribution in [3.63, 3.8) is 0 Å². The number of H-pyrrole nitrogens is 1. The number of imidazole rings is 1. The Morgan fingerprint density at radius 3 is 2.61 bits per heavy atom. The van der Waals surface area contributed by atoms with Gasteiger partial charge >= 0.3 is 0 Å². The van der Waals surface area contributed by atoms with Crippen LogP contribution >= 0.6 is 0 Å². The van der Waals surface area contributed by atoms with Gasteiger partial charge in [0, 0.05) is 41.8 Å². The van der Waals surface area contributed by atoms with Gasteiger partial charge in [-0.2, -0.15) is 0 Å². The molecule has 0 saturated heterocycles. The largest absolute Gasteiger partial charge is 0.366 e. The minimum atomic E-state index is -0.354. The molecule has 0 unspecified atom stereocenters. The van der Waals surface area contributed by atoms with Crippen LogP contribution in [0.15, 0.2) is 36.8 Å². The number of hydrogen-bond acceptors (Lipinski definition) is 2. The van der Waals surface area contributed by atoms with Crippen LogP contribution in [0.25, 0.3) is 11.1 Å². The highest BCUT2D eigenvalue weighted by Gasteiger charge is 2.25. The molecule has 148 valence electrons. The van der Waals surface area contributed by atoms with Gasteiger partial charge in [0.1, 0.15) is 0 Å². The molecule has 0 bridgehead atoms. The number of benzene rings is 1. The van der Waals surface area contributed by atoms with Crippen LogP contribution in [0, 0.1) is 13.8 Å². The molecule has 0 fully saturated rings. The molecule has 0 radical (unpaired) electrons. The summed E-state index contributed by atoms with van der Waals surface area (Å²) >= 11 is 0. The molecule has 0 aliphatic heterocycles. The zero-order valence-electron chi connectivity index (χ0n) is 17.1. The third-order valence-corrected chi connectivity index (χ3v) is 5.47. The third kappa shape index (κ3) is 4.03. The molecule has 3 aromatic rings. The highest BCUT2D eigenvalue weighted by atomic mass is 16.1. The Morgan fingerprint density at radius 1 is 1.18 bits per heavy atom. The number of hydrogen-bond donors (Lipinski definition) is 2. The Morgan fingerprint density at radius 2 is 1.96 bits per heavy atom. The lowest BCUT2D eigenvalue weighted by Gasteiger charge is -2.14. The number of carbonyl (C=O) groups is 1. The van der Waals surface area contributed by atoms with Gasteiger partial charge < -0.3 is 15.3 Å². The summed E-state index contributed by atoms with van der Waals surface area (Å²) in [5, 5.41) is 0. The smallest absolute Gasteiger partial charge is 0.251 e. The first-order chi connectivity index (χ1) is 13.5. The summed E-state index contributed by atoms with van der Waals surface area (Å²) in [4.78, 5) is 19.7. The van der Waals surface area contributed by atoms with Crippen molar-refractivity contribution < 1.29 is 4.79 Å². The number of nitrogens with two attached hydrogens (primary N) is 1. The number of primary amides is 1. The minimum absolute atomic E-state index is 0.354. The van der Waals surface area contributed by atoms with E-state index < -0.39 is 0 Å². The van der Waals surface area contributed by atoms with Crippen molar-refractivity contribution in [3.8, 4) is 11.1 Å². The van der Waals surface area contributed by atoms with Crippen molar-refractivity contribution in [3.05, 3.63) is 65.0 Å². The average Bonchev–Trinajstić information content (AvgIpc) is 3.27. The quantitative estimate of drug-likeness (QED) is 0.535. The molecule has 2 aromatic heterocycles. The number of aryl methyl sites for hydroxylation is 2. The maximum Gasteiger partial charge on any atom is 0.251 e. The van der Waals surface area contributed by atoms with E-state index in [1.165, 1.54) is 12.1 Å². The van der Waals surface area contributed by atoms with E-state index in [0.29, 0.717) is 5.56 Å². The molecule has 0 atom stereocenters. The van der Waals surface area contributed by atoms with E-state index in [1.54, 1.807) is 6.33 Å². The van der Waals surface area contributed by atoms with E-state index in [9.17, 15) is 4.79 Å². The van der Waals surface area contributed by atoms with Gasteiger partial charge in [0.15, 0.2) is 0 Å². The second-order valence-corrected chi connectivity index (χ2v) is 7.40. The normalized spacial score (nSPS) is 11.1. The highest BCUT2D eigenvalue weighted by molar-refractivity contribution is 6.02. The summed E-state index contributed by atoms with van der Waals surface area (Å²) < 4.78 is 2.29. The zero-order chi connectivity index (χ0) is 20.1. The van der Waals surface area contributed by atoms with Gasteiger partial charge in [-0.05, 0) is 37.8 Å². The van der Waals surface area contributed by atoms with Gasteiger partial charge in [-0.25, -0.2) is 4.98 Å². The first-order valence-corrected chi connectivity index (χ1v) is 10.1. The Bertz CT molecular complexity index is 938. The maximum absolute atomic E-state index is 12.4. The fourth-order valence-electron chi connectivity index (χ4n) is 4.00. The summed E-state index contributed by atoms with van der Waals surface area (Å²) in [6, 6.07) is 8.24. The number of carbonyl (C=O) groups excluding carboxylic acids is 1. The molecule has 3 N–H and O–H groups in total. The molecule has 0 spiro atoms. The van der Waals surface area contributed by atoms with E-state index in [1.807, 2.05) is 25.3 Å². The van der Waals surface area contributed by atoms with Crippen molar-refractivity contribution in [2.45, 2.75) is 59.4 Å². The Labute approximate surface area is 167 Å². The van der Waals surface area contributed by atoms with Gasteiger partial charge in [0.2, 0.25) is 0 Å². The lowest BCUT2D eigenvalue weighted by molar-refractivity contribution is 0.1000. The molecule has 0 aliphatic carbocycles. The van der Waals surface area contributed by atoms with Crippen molar-refractivity contribution in [1.82, 2.24) is 14.5 Å². The van der Waals surface area contributed by atoms with Crippen LogP contribution in [0.4, 0.5) is 0 Å².